The van der Waals surface area contributed by atoms with Crippen LogP contribution in [0.25, 0.3) is 0 Å². The summed E-state index contributed by atoms with van der Waals surface area (Å²) in [5.74, 6) is 5.25. The second-order valence-corrected chi connectivity index (χ2v) is 6.80. The number of hydrogen-bond donors (Lipinski definition) is 2. The minimum atomic E-state index is -0.188. The van der Waals surface area contributed by atoms with Crippen molar-refractivity contribution in [1.29, 1.82) is 0 Å². The number of benzene rings is 1. The molecule has 2 N–H and O–H groups in total. The Morgan fingerprint density at radius 2 is 2.19 bits per heavy atom. The smallest absolute Gasteiger partial charge is 0.251 e. The molecule has 5 heteroatoms. The number of aliphatic hydroxyl groups is 1. The van der Waals surface area contributed by atoms with Crippen LogP contribution in [-0.4, -0.2) is 24.2 Å². The van der Waals surface area contributed by atoms with Crippen molar-refractivity contribution < 1.29 is 9.90 Å². The van der Waals surface area contributed by atoms with Crippen LogP contribution >= 0.6 is 27.3 Å². The highest BCUT2D eigenvalue weighted by Gasteiger charge is 2.05. The molecule has 0 aliphatic carbocycles. The average molecular weight is 364 g/mol. The summed E-state index contributed by atoms with van der Waals surface area (Å²) in [6.45, 7) is 0.408. The zero-order chi connectivity index (χ0) is 15.1. The van der Waals surface area contributed by atoms with Gasteiger partial charge in [-0.1, -0.05) is 17.9 Å². The van der Waals surface area contributed by atoms with Crippen LogP contribution in [0, 0.1) is 11.8 Å². The van der Waals surface area contributed by atoms with E-state index < -0.39 is 0 Å². The molecule has 0 fully saturated rings. The van der Waals surface area contributed by atoms with Crippen molar-refractivity contribution in [3.63, 3.8) is 0 Å². The normalized spacial score (nSPS) is 9.81. The Kier molecular flexibility index (Phi) is 6.00. The molecule has 0 bridgehead atoms. The second kappa shape index (κ2) is 7.99. The summed E-state index contributed by atoms with van der Waals surface area (Å²) in [6, 6.07) is 11.1. The molecule has 0 unspecified atom stereocenters. The Hall–Kier alpha value is -1.61. The van der Waals surface area contributed by atoms with Crippen LogP contribution < -0.4 is 5.32 Å². The van der Waals surface area contributed by atoms with Crippen molar-refractivity contribution >= 4 is 33.2 Å². The molecule has 0 radical (unpaired) electrons. The summed E-state index contributed by atoms with van der Waals surface area (Å²) in [5.41, 5.74) is 1.30. The van der Waals surface area contributed by atoms with Gasteiger partial charge >= 0.3 is 0 Å². The van der Waals surface area contributed by atoms with Crippen molar-refractivity contribution in [3.8, 4) is 11.8 Å². The third kappa shape index (κ3) is 5.01. The summed E-state index contributed by atoms with van der Waals surface area (Å²) >= 11 is 5.09. The van der Waals surface area contributed by atoms with Crippen molar-refractivity contribution in [2.24, 2.45) is 0 Å². The highest BCUT2D eigenvalue weighted by atomic mass is 79.9. The molecule has 1 amide bonds. The first kappa shape index (κ1) is 15.8. The lowest BCUT2D eigenvalue weighted by Crippen LogP contribution is -2.25. The lowest BCUT2D eigenvalue weighted by Gasteiger charge is -2.04. The van der Waals surface area contributed by atoms with E-state index in [-0.39, 0.29) is 12.5 Å². The summed E-state index contributed by atoms with van der Waals surface area (Å²) < 4.78 is 1.10. The summed E-state index contributed by atoms with van der Waals surface area (Å²) in [7, 11) is 0. The largest absolute Gasteiger partial charge is 0.384 e. The molecule has 1 aromatic carbocycles. The standard InChI is InChI=1S/C16H14BrNO2S/c17-15-7-6-14(21-15)8-9-18-16(20)13-5-1-3-12(11-13)4-2-10-19/h1,3,5-7,11,19H,8-10H2,(H,18,20). The molecular formula is C16H14BrNO2S. The summed E-state index contributed by atoms with van der Waals surface area (Å²) in [4.78, 5) is 13.3. The van der Waals surface area contributed by atoms with E-state index in [0.717, 1.165) is 15.8 Å². The van der Waals surface area contributed by atoms with Crippen LogP contribution in [0.1, 0.15) is 20.8 Å². The topological polar surface area (TPSA) is 49.3 Å². The van der Waals surface area contributed by atoms with Crippen LogP contribution in [-0.2, 0) is 6.42 Å². The van der Waals surface area contributed by atoms with Gasteiger partial charge in [0.25, 0.3) is 5.91 Å². The molecule has 3 nitrogen and oxygen atoms in total. The number of thiophene rings is 1. The van der Waals surface area contributed by atoms with E-state index in [1.165, 1.54) is 4.88 Å². The van der Waals surface area contributed by atoms with E-state index in [2.05, 4.69) is 33.1 Å². The number of halogens is 1. The van der Waals surface area contributed by atoms with Gasteiger partial charge in [0.1, 0.15) is 6.61 Å². The third-order valence-electron chi connectivity index (χ3n) is 2.72. The molecule has 0 spiro atoms. The molecule has 1 heterocycles. The molecule has 0 saturated heterocycles. The first-order valence-electron chi connectivity index (χ1n) is 6.41. The highest BCUT2D eigenvalue weighted by Crippen LogP contribution is 2.22. The van der Waals surface area contributed by atoms with Gasteiger partial charge in [-0.05, 0) is 52.7 Å². The lowest BCUT2D eigenvalue weighted by molar-refractivity contribution is 0.0954. The van der Waals surface area contributed by atoms with Gasteiger partial charge in [0.2, 0.25) is 0 Å². The minimum Gasteiger partial charge on any atom is -0.384 e. The van der Waals surface area contributed by atoms with E-state index in [0.29, 0.717) is 12.1 Å². The molecule has 1 aromatic heterocycles. The van der Waals surface area contributed by atoms with E-state index in [1.54, 1.807) is 29.5 Å². The Morgan fingerprint density at radius 3 is 2.90 bits per heavy atom. The van der Waals surface area contributed by atoms with E-state index in [9.17, 15) is 4.79 Å². The van der Waals surface area contributed by atoms with Gasteiger partial charge in [0, 0.05) is 22.5 Å². The van der Waals surface area contributed by atoms with Gasteiger partial charge in [-0.15, -0.1) is 11.3 Å². The Bertz CT molecular complexity index is 685. The SMILES string of the molecule is O=C(NCCc1ccc(Br)s1)c1cccc(C#CCO)c1. The monoisotopic (exact) mass is 363 g/mol. The fourth-order valence-electron chi connectivity index (χ4n) is 1.77. The molecule has 0 aliphatic rings. The van der Waals surface area contributed by atoms with Crippen molar-refractivity contribution in [1.82, 2.24) is 5.32 Å². The summed E-state index contributed by atoms with van der Waals surface area (Å²) in [6.07, 6.45) is 0.812. The molecule has 0 aliphatic heterocycles. The lowest BCUT2D eigenvalue weighted by atomic mass is 10.1. The number of carbonyl (C=O) groups is 1. The zero-order valence-corrected chi connectivity index (χ0v) is 13.6. The number of amides is 1. The number of nitrogens with one attached hydrogen (secondary N) is 1. The minimum absolute atomic E-state index is 0.113. The van der Waals surface area contributed by atoms with Crippen LogP contribution in [0.2, 0.25) is 0 Å². The fraction of sp³-hybridized carbons (Fsp3) is 0.188. The van der Waals surface area contributed by atoms with Crippen LogP contribution in [0.3, 0.4) is 0 Å². The molecule has 0 atom stereocenters. The van der Waals surface area contributed by atoms with Crippen LogP contribution in [0.4, 0.5) is 0 Å². The zero-order valence-electron chi connectivity index (χ0n) is 11.2. The maximum Gasteiger partial charge on any atom is 0.251 e. The van der Waals surface area contributed by atoms with Gasteiger partial charge in [-0.2, -0.15) is 0 Å². The Balaban J connectivity index is 1.91. The van der Waals surface area contributed by atoms with Crippen LogP contribution in [0.5, 0.6) is 0 Å². The maximum absolute atomic E-state index is 12.1. The van der Waals surface area contributed by atoms with Gasteiger partial charge in [-0.3, -0.25) is 4.79 Å². The fourth-order valence-corrected chi connectivity index (χ4v) is 3.25. The average Bonchev–Trinajstić information content (AvgIpc) is 2.91. The first-order chi connectivity index (χ1) is 10.2. The third-order valence-corrected chi connectivity index (χ3v) is 4.41. The van der Waals surface area contributed by atoms with Gasteiger partial charge in [0.15, 0.2) is 0 Å². The quantitative estimate of drug-likeness (QED) is 0.820. The number of carbonyl (C=O) groups excluding carboxylic acids is 1. The highest BCUT2D eigenvalue weighted by molar-refractivity contribution is 9.11. The number of rotatable bonds is 4. The van der Waals surface area contributed by atoms with E-state index >= 15 is 0 Å². The molecular weight excluding hydrogens is 350 g/mol. The molecule has 0 saturated carbocycles. The Labute approximate surface area is 136 Å². The predicted octanol–water partition coefficient (Wildman–Crippen LogP) is 2.83. The molecule has 2 aromatic rings. The number of aliphatic hydroxyl groups excluding tert-OH is 1. The molecule has 21 heavy (non-hydrogen) atoms. The van der Waals surface area contributed by atoms with Crippen molar-refractivity contribution in [2.75, 3.05) is 13.2 Å². The summed E-state index contributed by atoms with van der Waals surface area (Å²) in [5, 5.41) is 11.6. The molecule has 108 valence electrons. The molecule has 2 rings (SSSR count). The number of hydrogen-bond acceptors (Lipinski definition) is 3. The second-order valence-electron chi connectivity index (χ2n) is 4.25. The first-order valence-corrected chi connectivity index (χ1v) is 8.02. The van der Waals surface area contributed by atoms with Crippen molar-refractivity contribution in [3.05, 3.63) is 56.2 Å². The van der Waals surface area contributed by atoms with Crippen molar-refractivity contribution in [2.45, 2.75) is 6.42 Å². The van der Waals surface area contributed by atoms with Gasteiger partial charge < -0.3 is 10.4 Å². The van der Waals surface area contributed by atoms with Gasteiger partial charge in [-0.25, -0.2) is 0 Å². The van der Waals surface area contributed by atoms with Crippen LogP contribution in [0.15, 0.2) is 40.2 Å². The van der Waals surface area contributed by atoms with E-state index in [4.69, 9.17) is 5.11 Å². The Morgan fingerprint density at radius 1 is 1.33 bits per heavy atom. The maximum atomic E-state index is 12.1. The van der Waals surface area contributed by atoms with E-state index in [1.807, 2.05) is 18.2 Å². The predicted molar refractivity (Wildman–Crippen MR) is 88.5 cm³/mol. The van der Waals surface area contributed by atoms with Gasteiger partial charge in [0.05, 0.1) is 3.79 Å².